The Hall–Kier alpha value is -1.09. The minimum atomic E-state index is 0.286. The van der Waals surface area contributed by atoms with Crippen molar-refractivity contribution in [1.82, 2.24) is 9.88 Å². The summed E-state index contributed by atoms with van der Waals surface area (Å²) in [7, 11) is 0. The average molecular weight is 218 g/mol. The SMILES string of the molecule is Oc1cncc(CC2CC3CCN2CC3)c1. The van der Waals surface area contributed by atoms with Gasteiger partial charge in [0.2, 0.25) is 0 Å². The van der Waals surface area contributed by atoms with Gasteiger partial charge in [-0.25, -0.2) is 0 Å². The van der Waals surface area contributed by atoms with E-state index in [1.165, 1.54) is 38.5 Å². The van der Waals surface area contributed by atoms with Crippen molar-refractivity contribution in [3.8, 4) is 5.75 Å². The van der Waals surface area contributed by atoms with E-state index in [0.29, 0.717) is 6.04 Å². The van der Waals surface area contributed by atoms with E-state index >= 15 is 0 Å². The standard InChI is InChI=1S/C13H18N2O/c16-13-7-11(8-14-9-13)6-12-5-10-1-3-15(12)4-2-10/h7-10,12,16H,1-6H2. The molecule has 0 saturated carbocycles. The maximum atomic E-state index is 9.40. The molecule has 1 N–H and O–H groups in total. The molecule has 0 aromatic carbocycles. The van der Waals surface area contributed by atoms with Gasteiger partial charge in [-0.1, -0.05) is 0 Å². The molecular formula is C13H18N2O. The van der Waals surface area contributed by atoms with E-state index in [2.05, 4.69) is 9.88 Å². The lowest BCUT2D eigenvalue weighted by Crippen LogP contribution is -2.49. The second-order valence-corrected chi connectivity index (χ2v) is 5.12. The lowest BCUT2D eigenvalue weighted by molar-refractivity contribution is 0.0498. The number of pyridine rings is 1. The Bertz CT molecular complexity index is 372. The molecule has 1 aromatic heterocycles. The van der Waals surface area contributed by atoms with Crippen LogP contribution in [0.25, 0.3) is 0 Å². The second kappa shape index (κ2) is 4.06. The van der Waals surface area contributed by atoms with Crippen molar-refractivity contribution < 1.29 is 5.11 Å². The summed E-state index contributed by atoms with van der Waals surface area (Å²) in [5, 5.41) is 9.40. The molecule has 3 nitrogen and oxygen atoms in total. The predicted molar refractivity (Wildman–Crippen MR) is 62.3 cm³/mol. The van der Waals surface area contributed by atoms with Crippen molar-refractivity contribution in [3.63, 3.8) is 0 Å². The van der Waals surface area contributed by atoms with Gasteiger partial charge in [-0.05, 0) is 56.3 Å². The van der Waals surface area contributed by atoms with Crippen LogP contribution in [0, 0.1) is 5.92 Å². The molecule has 0 aliphatic carbocycles. The Morgan fingerprint density at radius 3 is 2.75 bits per heavy atom. The van der Waals surface area contributed by atoms with Gasteiger partial charge in [0, 0.05) is 12.2 Å². The van der Waals surface area contributed by atoms with Gasteiger partial charge in [0.25, 0.3) is 0 Å². The highest BCUT2D eigenvalue weighted by Gasteiger charge is 2.33. The van der Waals surface area contributed by atoms with Gasteiger partial charge in [-0.2, -0.15) is 0 Å². The van der Waals surface area contributed by atoms with E-state index < -0.39 is 0 Å². The molecule has 4 heterocycles. The molecule has 1 atom stereocenters. The zero-order chi connectivity index (χ0) is 11.0. The fourth-order valence-electron chi connectivity index (χ4n) is 3.16. The van der Waals surface area contributed by atoms with Crippen LogP contribution >= 0.6 is 0 Å². The Morgan fingerprint density at radius 1 is 1.31 bits per heavy atom. The van der Waals surface area contributed by atoms with E-state index in [1.54, 1.807) is 0 Å². The topological polar surface area (TPSA) is 36.4 Å². The first-order chi connectivity index (χ1) is 7.81. The van der Waals surface area contributed by atoms with Crippen LogP contribution in [0.5, 0.6) is 5.75 Å². The summed E-state index contributed by atoms with van der Waals surface area (Å²) in [5.74, 6) is 1.23. The monoisotopic (exact) mass is 218 g/mol. The molecule has 0 amide bonds. The molecule has 3 aliphatic heterocycles. The van der Waals surface area contributed by atoms with Crippen LogP contribution in [0.3, 0.4) is 0 Å². The Balaban J connectivity index is 1.71. The lowest BCUT2D eigenvalue weighted by atomic mass is 9.81. The molecule has 86 valence electrons. The Kier molecular flexibility index (Phi) is 2.56. The molecule has 1 aromatic rings. The summed E-state index contributed by atoms with van der Waals surface area (Å²) in [5.41, 5.74) is 1.16. The summed E-state index contributed by atoms with van der Waals surface area (Å²) < 4.78 is 0. The van der Waals surface area contributed by atoms with Crippen molar-refractivity contribution in [2.45, 2.75) is 31.7 Å². The van der Waals surface area contributed by atoms with Crippen molar-refractivity contribution in [2.24, 2.45) is 5.92 Å². The summed E-state index contributed by atoms with van der Waals surface area (Å²) in [6.45, 7) is 2.53. The molecule has 3 fully saturated rings. The fourth-order valence-corrected chi connectivity index (χ4v) is 3.16. The highest BCUT2D eigenvalue weighted by molar-refractivity contribution is 5.22. The average Bonchev–Trinajstić information content (AvgIpc) is 2.30. The van der Waals surface area contributed by atoms with Crippen LogP contribution in [0.15, 0.2) is 18.5 Å². The Labute approximate surface area is 96.1 Å². The number of piperidine rings is 3. The van der Waals surface area contributed by atoms with Gasteiger partial charge in [0.1, 0.15) is 5.75 Å². The van der Waals surface area contributed by atoms with Crippen molar-refractivity contribution in [3.05, 3.63) is 24.0 Å². The molecule has 2 bridgehead atoms. The minimum Gasteiger partial charge on any atom is -0.506 e. The molecule has 1 unspecified atom stereocenters. The molecular weight excluding hydrogens is 200 g/mol. The van der Waals surface area contributed by atoms with Crippen molar-refractivity contribution in [2.75, 3.05) is 13.1 Å². The number of aromatic hydroxyl groups is 1. The minimum absolute atomic E-state index is 0.286. The molecule has 0 spiro atoms. The number of hydrogen-bond donors (Lipinski definition) is 1. The van der Waals surface area contributed by atoms with Gasteiger partial charge in [0.05, 0.1) is 6.20 Å². The quantitative estimate of drug-likeness (QED) is 0.822. The van der Waals surface area contributed by atoms with Gasteiger partial charge >= 0.3 is 0 Å². The maximum Gasteiger partial charge on any atom is 0.134 e. The first-order valence-electron chi connectivity index (χ1n) is 6.18. The first-order valence-corrected chi connectivity index (χ1v) is 6.18. The summed E-state index contributed by atoms with van der Waals surface area (Å²) >= 11 is 0. The smallest absolute Gasteiger partial charge is 0.134 e. The third-order valence-corrected chi connectivity index (χ3v) is 4.02. The Morgan fingerprint density at radius 2 is 2.12 bits per heavy atom. The van der Waals surface area contributed by atoms with Gasteiger partial charge in [0.15, 0.2) is 0 Å². The van der Waals surface area contributed by atoms with Crippen LogP contribution < -0.4 is 0 Å². The van der Waals surface area contributed by atoms with Gasteiger partial charge < -0.3 is 10.0 Å². The number of nitrogens with zero attached hydrogens (tertiary/aromatic N) is 2. The molecule has 16 heavy (non-hydrogen) atoms. The van der Waals surface area contributed by atoms with Crippen LogP contribution in [0.1, 0.15) is 24.8 Å². The third-order valence-electron chi connectivity index (χ3n) is 4.02. The van der Waals surface area contributed by atoms with E-state index in [-0.39, 0.29) is 5.75 Å². The van der Waals surface area contributed by atoms with Gasteiger partial charge in [-0.3, -0.25) is 4.98 Å². The van der Waals surface area contributed by atoms with Crippen molar-refractivity contribution >= 4 is 0 Å². The van der Waals surface area contributed by atoms with Crippen LogP contribution in [-0.4, -0.2) is 34.1 Å². The summed E-state index contributed by atoms with van der Waals surface area (Å²) in [6.07, 6.45) is 8.51. The van der Waals surface area contributed by atoms with E-state index in [0.717, 1.165) is 17.9 Å². The highest BCUT2D eigenvalue weighted by Crippen LogP contribution is 2.33. The molecule has 0 radical (unpaired) electrons. The predicted octanol–water partition coefficient (Wildman–Crippen LogP) is 1.81. The van der Waals surface area contributed by atoms with E-state index in [1.807, 2.05) is 12.3 Å². The van der Waals surface area contributed by atoms with Crippen LogP contribution in [-0.2, 0) is 6.42 Å². The molecule has 3 aliphatic rings. The third kappa shape index (κ3) is 1.92. The number of hydrogen-bond acceptors (Lipinski definition) is 3. The fraction of sp³-hybridized carbons (Fsp3) is 0.615. The maximum absolute atomic E-state index is 9.40. The number of aromatic nitrogens is 1. The summed E-state index contributed by atoms with van der Waals surface area (Å²) in [6, 6.07) is 2.52. The first kappa shape index (κ1) is 10.1. The van der Waals surface area contributed by atoms with E-state index in [4.69, 9.17) is 0 Å². The molecule has 3 saturated heterocycles. The van der Waals surface area contributed by atoms with Crippen LogP contribution in [0.2, 0.25) is 0 Å². The molecule has 4 rings (SSSR count). The van der Waals surface area contributed by atoms with E-state index in [9.17, 15) is 5.11 Å². The number of fused-ring (bicyclic) bond motifs is 3. The van der Waals surface area contributed by atoms with Gasteiger partial charge in [-0.15, -0.1) is 0 Å². The largest absolute Gasteiger partial charge is 0.506 e. The lowest BCUT2D eigenvalue weighted by Gasteiger charge is -2.45. The van der Waals surface area contributed by atoms with Crippen LogP contribution in [0.4, 0.5) is 0 Å². The second-order valence-electron chi connectivity index (χ2n) is 5.12. The van der Waals surface area contributed by atoms with Crippen molar-refractivity contribution in [1.29, 1.82) is 0 Å². The zero-order valence-electron chi connectivity index (χ0n) is 9.47. The normalized spacial score (nSPS) is 32.9. The summed E-state index contributed by atoms with van der Waals surface area (Å²) in [4.78, 5) is 6.64. The molecule has 3 heteroatoms. The highest BCUT2D eigenvalue weighted by atomic mass is 16.3. The number of rotatable bonds is 2. The zero-order valence-corrected chi connectivity index (χ0v) is 9.47.